The largest absolute Gasteiger partial charge is 0.481 e. The van der Waals surface area contributed by atoms with Crippen molar-refractivity contribution in [2.45, 2.75) is 44.6 Å². The summed E-state index contributed by atoms with van der Waals surface area (Å²) in [5.41, 5.74) is 1.67. The number of carbonyl (C=O) groups is 3. The summed E-state index contributed by atoms with van der Waals surface area (Å²) in [5, 5.41) is 12.8. The van der Waals surface area contributed by atoms with Crippen LogP contribution >= 0.6 is 11.6 Å². The van der Waals surface area contributed by atoms with E-state index >= 15 is 4.39 Å². The normalized spacial score (nSPS) is 21.1. The first-order valence-corrected chi connectivity index (χ1v) is 14.0. The number of hydrogen-bond acceptors (Lipinski definition) is 4. The lowest BCUT2D eigenvalue weighted by atomic mass is 9.87. The van der Waals surface area contributed by atoms with E-state index in [9.17, 15) is 14.4 Å². The van der Waals surface area contributed by atoms with Crippen molar-refractivity contribution in [3.05, 3.63) is 64.6 Å². The molecule has 212 valence electrons. The van der Waals surface area contributed by atoms with Crippen molar-refractivity contribution in [2.24, 2.45) is 18.9 Å². The van der Waals surface area contributed by atoms with Gasteiger partial charge in [0.15, 0.2) is 0 Å². The number of anilines is 1. The Kier molecular flexibility index (Phi) is 8.42. The number of aliphatic carboxylic acids is 1. The highest BCUT2D eigenvalue weighted by atomic mass is 35.5. The number of hydrogen-bond donors (Lipinski definition) is 2. The molecule has 0 bridgehead atoms. The fraction of sp³-hybridized carbons (Fsp3) is 0.433. The zero-order valence-corrected chi connectivity index (χ0v) is 23.1. The zero-order chi connectivity index (χ0) is 28.4. The number of nitrogens with one attached hydrogen (secondary N) is 1. The number of ether oxygens (including phenoxy) is 1. The molecule has 2 aliphatic rings. The molecule has 40 heavy (non-hydrogen) atoms. The van der Waals surface area contributed by atoms with Gasteiger partial charge in [0, 0.05) is 43.2 Å². The van der Waals surface area contributed by atoms with E-state index in [0.29, 0.717) is 38.1 Å². The summed E-state index contributed by atoms with van der Waals surface area (Å²) in [4.78, 5) is 38.8. The molecule has 2 aromatic carbocycles. The van der Waals surface area contributed by atoms with Gasteiger partial charge in [0.05, 0.1) is 41.3 Å². The topological polar surface area (TPSA) is 101 Å². The Morgan fingerprint density at radius 3 is 2.62 bits per heavy atom. The number of para-hydroxylation sites is 1. The molecule has 0 radical (unpaired) electrons. The summed E-state index contributed by atoms with van der Waals surface area (Å²) in [6.07, 6.45) is 5.21. The number of halogens is 2. The first-order valence-electron chi connectivity index (χ1n) is 13.6. The SMILES string of the molecule is Cn1cc(C(=O)Nc2cc(F)c(CC(=O)N3CC[C@@H](CO[C@H]4CC[C@H](C(=O)O)CC4)C3)cc2Cl)c2ccccc21. The van der Waals surface area contributed by atoms with Gasteiger partial charge >= 0.3 is 5.97 Å². The maximum Gasteiger partial charge on any atom is 0.306 e. The van der Waals surface area contributed by atoms with E-state index in [4.69, 9.17) is 21.4 Å². The fourth-order valence-electron chi connectivity index (χ4n) is 5.75. The van der Waals surface area contributed by atoms with Crippen LogP contribution in [0.1, 0.15) is 48.0 Å². The zero-order valence-electron chi connectivity index (χ0n) is 22.4. The highest BCUT2D eigenvalue weighted by Gasteiger charge is 2.30. The molecule has 1 saturated carbocycles. The molecular formula is C30H33ClFN3O5. The summed E-state index contributed by atoms with van der Waals surface area (Å²) in [6, 6.07) is 10.1. The molecule has 3 aromatic rings. The Balaban J connectivity index is 1.14. The highest BCUT2D eigenvalue weighted by molar-refractivity contribution is 6.34. The molecule has 0 unspecified atom stereocenters. The number of aryl methyl sites for hydroxylation is 1. The number of carboxylic acids is 1. The Morgan fingerprint density at radius 2 is 1.88 bits per heavy atom. The first-order chi connectivity index (χ1) is 19.2. The van der Waals surface area contributed by atoms with Gasteiger partial charge in [0.1, 0.15) is 5.82 Å². The number of aromatic nitrogens is 1. The van der Waals surface area contributed by atoms with Gasteiger partial charge in [0.25, 0.3) is 5.91 Å². The minimum atomic E-state index is -0.735. The van der Waals surface area contributed by atoms with E-state index in [1.165, 1.54) is 6.07 Å². The van der Waals surface area contributed by atoms with E-state index < -0.39 is 17.7 Å². The standard InChI is InChI=1S/C30H33ClFN3O5/c1-34-16-23(22-4-2-3-5-27(22)34)29(37)33-26-14-25(32)20(12-24(26)31)13-28(36)35-11-10-18(15-35)17-40-21-8-6-19(7-9-21)30(38)39/h2-5,12,14,16,18-19,21H,6-11,13,15,17H2,1H3,(H,33,37)(H,38,39)/t18-,19-,21-/m1/s1. The summed E-state index contributed by atoms with van der Waals surface area (Å²) < 4.78 is 22.9. The second-order valence-electron chi connectivity index (χ2n) is 10.9. The van der Waals surface area contributed by atoms with Gasteiger partial charge in [-0.2, -0.15) is 0 Å². The number of carbonyl (C=O) groups excluding carboxylic acids is 2. The maximum absolute atomic E-state index is 15.0. The molecule has 2 fully saturated rings. The molecule has 1 aliphatic carbocycles. The number of carboxylic acid groups (broad SMARTS) is 1. The molecule has 1 aromatic heterocycles. The van der Waals surface area contributed by atoms with Crippen molar-refractivity contribution in [3.63, 3.8) is 0 Å². The monoisotopic (exact) mass is 569 g/mol. The predicted molar refractivity (Wildman–Crippen MR) is 150 cm³/mol. The molecule has 1 saturated heterocycles. The molecule has 0 spiro atoms. The van der Waals surface area contributed by atoms with Crippen molar-refractivity contribution in [3.8, 4) is 0 Å². The number of fused-ring (bicyclic) bond motifs is 1. The smallest absolute Gasteiger partial charge is 0.306 e. The third-order valence-corrected chi connectivity index (χ3v) is 8.41. The van der Waals surface area contributed by atoms with Crippen LogP contribution in [0.4, 0.5) is 10.1 Å². The summed E-state index contributed by atoms with van der Waals surface area (Å²) in [5.74, 6) is -2.01. The van der Waals surface area contributed by atoms with Crippen LogP contribution in [0.3, 0.4) is 0 Å². The molecule has 2 heterocycles. The summed E-state index contributed by atoms with van der Waals surface area (Å²) >= 11 is 6.40. The molecule has 8 nitrogen and oxygen atoms in total. The molecule has 2 amide bonds. The summed E-state index contributed by atoms with van der Waals surface area (Å²) in [7, 11) is 1.85. The Bertz CT molecular complexity index is 1430. The molecule has 1 aliphatic heterocycles. The van der Waals surface area contributed by atoms with Crippen molar-refractivity contribution >= 4 is 46.0 Å². The fourth-order valence-corrected chi connectivity index (χ4v) is 5.98. The van der Waals surface area contributed by atoms with Crippen molar-refractivity contribution in [1.29, 1.82) is 0 Å². The van der Waals surface area contributed by atoms with Crippen LogP contribution in [0.2, 0.25) is 5.02 Å². The van der Waals surface area contributed by atoms with Crippen LogP contribution in [0, 0.1) is 17.7 Å². The number of benzene rings is 2. The molecule has 2 N–H and O–H groups in total. The Morgan fingerprint density at radius 1 is 1.12 bits per heavy atom. The van der Waals surface area contributed by atoms with E-state index in [1.807, 2.05) is 35.9 Å². The van der Waals surface area contributed by atoms with Gasteiger partial charge in [-0.05, 0) is 55.9 Å². The van der Waals surface area contributed by atoms with Crippen LogP contribution in [0.25, 0.3) is 10.9 Å². The average Bonchev–Trinajstić information content (AvgIpc) is 3.55. The summed E-state index contributed by atoms with van der Waals surface area (Å²) in [6.45, 7) is 1.64. The van der Waals surface area contributed by atoms with Crippen molar-refractivity contribution in [1.82, 2.24) is 9.47 Å². The van der Waals surface area contributed by atoms with Gasteiger partial charge in [-0.25, -0.2) is 4.39 Å². The second kappa shape index (κ2) is 12.0. The van der Waals surface area contributed by atoms with Crippen LogP contribution < -0.4 is 5.32 Å². The van der Waals surface area contributed by atoms with Gasteiger partial charge < -0.3 is 24.6 Å². The van der Waals surface area contributed by atoms with E-state index in [0.717, 1.165) is 36.2 Å². The maximum atomic E-state index is 15.0. The van der Waals surface area contributed by atoms with Crippen LogP contribution in [-0.2, 0) is 27.8 Å². The number of rotatable bonds is 8. The van der Waals surface area contributed by atoms with Crippen LogP contribution in [0.15, 0.2) is 42.6 Å². The molecule has 1 atom stereocenters. The quantitative estimate of drug-likeness (QED) is 0.385. The molecular weight excluding hydrogens is 537 g/mol. The van der Waals surface area contributed by atoms with E-state index in [2.05, 4.69) is 5.32 Å². The Hall–Kier alpha value is -3.43. The first kappa shape index (κ1) is 28.1. The molecule has 10 heteroatoms. The third-order valence-electron chi connectivity index (χ3n) is 8.10. The molecule has 5 rings (SSSR count). The number of amides is 2. The number of nitrogens with zero attached hydrogens (tertiary/aromatic N) is 2. The van der Waals surface area contributed by atoms with E-state index in [-0.39, 0.29) is 46.5 Å². The minimum absolute atomic E-state index is 0.0659. The van der Waals surface area contributed by atoms with Gasteiger partial charge in [-0.1, -0.05) is 29.8 Å². The van der Waals surface area contributed by atoms with Crippen molar-refractivity contribution in [2.75, 3.05) is 25.0 Å². The second-order valence-corrected chi connectivity index (χ2v) is 11.3. The average molecular weight is 570 g/mol. The lowest BCUT2D eigenvalue weighted by Gasteiger charge is -2.27. The van der Waals surface area contributed by atoms with Crippen LogP contribution in [0.5, 0.6) is 0 Å². The van der Waals surface area contributed by atoms with Crippen molar-refractivity contribution < 1.29 is 28.6 Å². The van der Waals surface area contributed by atoms with Gasteiger partial charge in [0.2, 0.25) is 5.91 Å². The number of likely N-dealkylation sites (tertiary alicyclic amines) is 1. The van der Waals surface area contributed by atoms with Crippen LogP contribution in [-0.4, -0.2) is 58.2 Å². The highest BCUT2D eigenvalue weighted by Crippen LogP contribution is 2.30. The lowest BCUT2D eigenvalue weighted by molar-refractivity contribution is -0.143. The minimum Gasteiger partial charge on any atom is -0.481 e. The van der Waals surface area contributed by atoms with E-state index in [1.54, 1.807) is 11.1 Å². The third kappa shape index (κ3) is 6.15. The van der Waals surface area contributed by atoms with Gasteiger partial charge in [-0.15, -0.1) is 0 Å². The Labute approximate surface area is 237 Å². The predicted octanol–water partition coefficient (Wildman–Crippen LogP) is 5.27. The van der Waals surface area contributed by atoms with Gasteiger partial charge in [-0.3, -0.25) is 14.4 Å². The lowest BCUT2D eigenvalue weighted by Crippen LogP contribution is -2.31.